The second-order valence-electron chi connectivity index (χ2n) is 6.60. The Morgan fingerprint density at radius 3 is 2.50 bits per heavy atom. The van der Waals surface area contributed by atoms with Gasteiger partial charge in [-0.1, -0.05) is 31.7 Å². The van der Waals surface area contributed by atoms with Crippen LogP contribution in [0.5, 0.6) is 0 Å². The Morgan fingerprint density at radius 1 is 0.962 bits per heavy atom. The summed E-state index contributed by atoms with van der Waals surface area (Å²) in [4.78, 5) is 33.1. The molecule has 1 saturated carbocycles. The van der Waals surface area contributed by atoms with Crippen molar-refractivity contribution in [3.05, 3.63) is 59.7 Å². The predicted molar refractivity (Wildman–Crippen MR) is 98.6 cm³/mol. The van der Waals surface area contributed by atoms with E-state index in [1.807, 2.05) is 18.2 Å². The van der Waals surface area contributed by atoms with Gasteiger partial charge in [-0.15, -0.1) is 0 Å². The number of nitrogens with zero attached hydrogens (tertiary/aromatic N) is 2. The Morgan fingerprint density at radius 2 is 1.77 bits per heavy atom. The van der Waals surface area contributed by atoms with Crippen LogP contribution in [0.4, 0.5) is 0 Å². The van der Waals surface area contributed by atoms with Gasteiger partial charge in [0.2, 0.25) is 0 Å². The first-order valence-electron chi connectivity index (χ1n) is 9.17. The quantitative estimate of drug-likeness (QED) is 0.811. The molecule has 0 aromatic carbocycles. The van der Waals surface area contributed by atoms with E-state index >= 15 is 0 Å². The summed E-state index contributed by atoms with van der Waals surface area (Å²) in [6.45, 7) is 0.339. The standard InChI is InChI=1S/C20H24N4O2/c25-19(23-14-17-9-5-6-11-21-17)15-10-12-22-18(13-15)20(26)24-16-7-3-1-2-4-8-16/h5-6,9-13,16H,1-4,7-8,14H2,(H,23,25)(H,24,26). The Labute approximate surface area is 153 Å². The monoisotopic (exact) mass is 352 g/mol. The lowest BCUT2D eigenvalue weighted by Crippen LogP contribution is -2.35. The lowest BCUT2D eigenvalue weighted by Gasteiger charge is -2.16. The summed E-state index contributed by atoms with van der Waals surface area (Å²) in [6, 6.07) is 8.90. The van der Waals surface area contributed by atoms with E-state index in [1.54, 1.807) is 18.3 Å². The topological polar surface area (TPSA) is 84.0 Å². The molecule has 3 rings (SSSR count). The number of carbonyl (C=O) groups is 2. The molecule has 1 fully saturated rings. The lowest BCUT2D eigenvalue weighted by molar-refractivity contribution is 0.0928. The number of nitrogens with one attached hydrogen (secondary N) is 2. The zero-order valence-corrected chi connectivity index (χ0v) is 14.8. The highest BCUT2D eigenvalue weighted by atomic mass is 16.2. The third-order valence-electron chi connectivity index (χ3n) is 4.60. The van der Waals surface area contributed by atoms with Crippen LogP contribution in [0, 0.1) is 0 Å². The van der Waals surface area contributed by atoms with Gasteiger partial charge in [0, 0.05) is 24.0 Å². The van der Waals surface area contributed by atoms with Crippen LogP contribution >= 0.6 is 0 Å². The fourth-order valence-electron chi connectivity index (χ4n) is 3.15. The molecule has 2 amide bonds. The number of pyridine rings is 2. The summed E-state index contributed by atoms with van der Waals surface area (Å²) in [6.07, 6.45) is 9.96. The molecule has 26 heavy (non-hydrogen) atoms. The zero-order valence-electron chi connectivity index (χ0n) is 14.8. The molecule has 2 N–H and O–H groups in total. The van der Waals surface area contributed by atoms with Gasteiger partial charge in [0.15, 0.2) is 0 Å². The van der Waals surface area contributed by atoms with Crippen LogP contribution in [0.3, 0.4) is 0 Å². The molecule has 0 atom stereocenters. The molecule has 2 aromatic rings. The summed E-state index contributed by atoms with van der Waals surface area (Å²) in [5, 5.41) is 5.87. The normalized spacial score (nSPS) is 15.1. The van der Waals surface area contributed by atoms with Gasteiger partial charge in [-0.2, -0.15) is 0 Å². The van der Waals surface area contributed by atoms with Crippen molar-refractivity contribution in [2.45, 2.75) is 51.1 Å². The van der Waals surface area contributed by atoms with Crippen LogP contribution < -0.4 is 10.6 Å². The van der Waals surface area contributed by atoms with Gasteiger partial charge in [-0.25, -0.2) is 0 Å². The minimum atomic E-state index is -0.249. The van der Waals surface area contributed by atoms with Crippen LogP contribution in [-0.4, -0.2) is 27.8 Å². The van der Waals surface area contributed by atoms with Crippen molar-refractivity contribution < 1.29 is 9.59 Å². The van der Waals surface area contributed by atoms with Crippen LogP contribution in [0.15, 0.2) is 42.7 Å². The van der Waals surface area contributed by atoms with E-state index in [0.29, 0.717) is 12.1 Å². The first kappa shape index (κ1) is 18.0. The van der Waals surface area contributed by atoms with Crippen molar-refractivity contribution >= 4 is 11.8 Å². The Hall–Kier alpha value is -2.76. The van der Waals surface area contributed by atoms with Gasteiger partial charge in [0.05, 0.1) is 12.2 Å². The number of aromatic nitrogens is 2. The average molecular weight is 352 g/mol. The lowest BCUT2D eigenvalue weighted by atomic mass is 10.1. The SMILES string of the molecule is O=C(NCc1ccccn1)c1ccnc(C(=O)NC2CCCCCC2)c1. The molecule has 6 heteroatoms. The molecule has 2 aromatic heterocycles. The highest BCUT2D eigenvalue weighted by molar-refractivity contribution is 5.98. The van der Waals surface area contributed by atoms with Crippen molar-refractivity contribution in [2.24, 2.45) is 0 Å². The molecular formula is C20H24N4O2. The Kier molecular flexibility index (Phi) is 6.30. The zero-order chi connectivity index (χ0) is 18.2. The molecule has 0 bridgehead atoms. The van der Waals surface area contributed by atoms with Gasteiger partial charge >= 0.3 is 0 Å². The van der Waals surface area contributed by atoms with E-state index in [-0.39, 0.29) is 23.6 Å². The van der Waals surface area contributed by atoms with Gasteiger partial charge < -0.3 is 10.6 Å². The highest BCUT2D eigenvalue weighted by Crippen LogP contribution is 2.17. The second kappa shape index (κ2) is 9.08. The molecule has 2 heterocycles. The number of hydrogen-bond acceptors (Lipinski definition) is 4. The maximum atomic E-state index is 12.5. The van der Waals surface area contributed by atoms with Crippen molar-refractivity contribution in [3.8, 4) is 0 Å². The van der Waals surface area contributed by atoms with E-state index in [1.165, 1.54) is 19.0 Å². The van der Waals surface area contributed by atoms with Crippen molar-refractivity contribution in [2.75, 3.05) is 0 Å². The number of carbonyl (C=O) groups excluding carboxylic acids is 2. The summed E-state index contributed by atoms with van der Waals surface area (Å²) in [7, 11) is 0. The maximum absolute atomic E-state index is 12.5. The second-order valence-corrected chi connectivity index (χ2v) is 6.60. The number of hydrogen-bond donors (Lipinski definition) is 2. The summed E-state index contributed by atoms with van der Waals surface area (Å²) in [5.41, 5.74) is 1.47. The molecule has 0 spiro atoms. The maximum Gasteiger partial charge on any atom is 0.270 e. The minimum Gasteiger partial charge on any atom is -0.348 e. The summed E-state index contributed by atoms with van der Waals surface area (Å²) in [5.74, 6) is -0.460. The van der Waals surface area contributed by atoms with Gasteiger partial charge in [-0.3, -0.25) is 19.6 Å². The summed E-state index contributed by atoms with van der Waals surface area (Å²) < 4.78 is 0. The molecular weight excluding hydrogens is 328 g/mol. The fourth-order valence-corrected chi connectivity index (χ4v) is 3.15. The Balaban J connectivity index is 1.59. The number of rotatable bonds is 5. The molecule has 0 saturated heterocycles. The molecule has 0 aliphatic heterocycles. The molecule has 6 nitrogen and oxygen atoms in total. The van der Waals surface area contributed by atoms with Crippen LogP contribution in [-0.2, 0) is 6.54 Å². The number of amides is 2. The molecule has 0 radical (unpaired) electrons. The smallest absolute Gasteiger partial charge is 0.270 e. The molecule has 1 aliphatic carbocycles. The van der Waals surface area contributed by atoms with Crippen molar-refractivity contribution in [1.29, 1.82) is 0 Å². The van der Waals surface area contributed by atoms with Gasteiger partial charge in [-0.05, 0) is 37.1 Å². The first-order valence-corrected chi connectivity index (χ1v) is 9.17. The summed E-state index contributed by atoms with van der Waals surface area (Å²) >= 11 is 0. The van der Waals surface area contributed by atoms with Crippen LogP contribution in [0.1, 0.15) is 65.1 Å². The molecule has 136 valence electrons. The largest absolute Gasteiger partial charge is 0.348 e. The van der Waals surface area contributed by atoms with Gasteiger partial charge in [0.25, 0.3) is 11.8 Å². The van der Waals surface area contributed by atoms with E-state index in [4.69, 9.17) is 0 Å². The highest BCUT2D eigenvalue weighted by Gasteiger charge is 2.17. The molecule has 1 aliphatic rings. The van der Waals surface area contributed by atoms with E-state index in [2.05, 4.69) is 20.6 Å². The Bertz CT molecular complexity index is 740. The first-order chi connectivity index (χ1) is 12.7. The van der Waals surface area contributed by atoms with E-state index < -0.39 is 0 Å². The van der Waals surface area contributed by atoms with E-state index in [9.17, 15) is 9.59 Å². The fraction of sp³-hybridized carbons (Fsp3) is 0.400. The van der Waals surface area contributed by atoms with Crippen molar-refractivity contribution in [1.82, 2.24) is 20.6 Å². The molecule has 0 unspecified atom stereocenters. The van der Waals surface area contributed by atoms with Crippen LogP contribution in [0.2, 0.25) is 0 Å². The van der Waals surface area contributed by atoms with E-state index in [0.717, 1.165) is 31.4 Å². The van der Waals surface area contributed by atoms with Crippen LogP contribution in [0.25, 0.3) is 0 Å². The predicted octanol–water partition coefficient (Wildman–Crippen LogP) is 2.86. The van der Waals surface area contributed by atoms with Gasteiger partial charge in [0.1, 0.15) is 5.69 Å². The minimum absolute atomic E-state index is 0.202. The third kappa shape index (κ3) is 5.12. The van der Waals surface area contributed by atoms with Crippen molar-refractivity contribution in [3.63, 3.8) is 0 Å². The third-order valence-corrected chi connectivity index (χ3v) is 4.60. The average Bonchev–Trinajstić information content (AvgIpc) is 2.95.